The van der Waals surface area contributed by atoms with Crippen LogP contribution in [0.15, 0.2) is 91.6 Å². The maximum atomic E-state index is 13.4. The molecule has 36 heavy (non-hydrogen) atoms. The van der Waals surface area contributed by atoms with E-state index in [1.807, 2.05) is 6.92 Å². The number of rotatable bonds is 6. The molecular weight excluding hydrogens is 448 g/mol. The van der Waals surface area contributed by atoms with Gasteiger partial charge < -0.3 is 15.2 Å². The van der Waals surface area contributed by atoms with Crippen LogP contribution in [0.1, 0.15) is 36.6 Å². The zero-order chi connectivity index (χ0) is 31.1. The van der Waals surface area contributed by atoms with Crippen LogP contribution in [0.25, 0.3) is 16.9 Å². The lowest BCUT2D eigenvalue weighted by atomic mass is 10.1. The van der Waals surface area contributed by atoms with Crippen LogP contribution in [-0.2, 0) is 0 Å². The van der Waals surface area contributed by atoms with Crippen molar-refractivity contribution in [2.45, 2.75) is 20.7 Å². The lowest BCUT2D eigenvalue weighted by molar-refractivity contribution is 0.102. The molecule has 7 nitrogen and oxygen atoms in total. The highest BCUT2D eigenvalue weighted by atomic mass is 16.1. The van der Waals surface area contributed by atoms with Crippen LogP contribution >= 0.6 is 0 Å². The third kappa shape index (κ3) is 5.15. The molecule has 5 rings (SSSR count). The number of anilines is 3. The summed E-state index contributed by atoms with van der Waals surface area (Å²) in [6, 6.07) is 14.0. The molecule has 2 aromatic carbocycles. The lowest BCUT2D eigenvalue weighted by Crippen LogP contribution is -2.13. The highest BCUT2D eigenvalue weighted by molar-refractivity contribution is 6.05. The minimum absolute atomic E-state index is 0.0346. The first-order valence-electron chi connectivity index (χ1n) is 14.6. The van der Waals surface area contributed by atoms with E-state index >= 15 is 0 Å². The zero-order valence-corrected chi connectivity index (χ0v) is 19.5. The minimum Gasteiger partial charge on any atom is -0.324 e. The first-order valence-corrected chi connectivity index (χ1v) is 11.1. The summed E-state index contributed by atoms with van der Waals surface area (Å²) in [7, 11) is 0. The second-order valence-corrected chi connectivity index (χ2v) is 8.17. The molecule has 0 fully saturated rings. The second kappa shape index (κ2) is 9.84. The van der Waals surface area contributed by atoms with Crippen LogP contribution in [0.5, 0.6) is 0 Å². The van der Waals surface area contributed by atoms with Crippen molar-refractivity contribution in [3.63, 3.8) is 0 Å². The monoisotopic (exact) mass is 481 g/mol. The number of pyridine rings is 1. The van der Waals surface area contributed by atoms with Gasteiger partial charge >= 0.3 is 0 Å². The molecule has 7 heteroatoms. The molecule has 0 atom stereocenters. The molecule has 0 aliphatic rings. The van der Waals surface area contributed by atoms with Gasteiger partial charge in [-0.25, -0.2) is 9.97 Å². The number of hydrogen-bond donors (Lipinski definition) is 2. The molecule has 0 aliphatic carbocycles. The van der Waals surface area contributed by atoms with Gasteiger partial charge in [0.25, 0.3) is 5.91 Å². The van der Waals surface area contributed by atoms with Crippen LogP contribution < -0.4 is 10.6 Å². The van der Waals surface area contributed by atoms with Gasteiger partial charge in [-0.05, 0) is 92.0 Å². The van der Waals surface area contributed by atoms with Crippen molar-refractivity contribution < 1.29 is 14.4 Å². The summed E-state index contributed by atoms with van der Waals surface area (Å²) in [5.74, 6) is -0.650. The standard InChI is InChI=1S/C29H26N6O/c1-19-9-12-35(18-19)25-14-20(2)13-24(16-25)32-28(36)22-7-6-21(3)27(15-22)34-29-31-11-8-26(33-29)23-5-4-10-30-17-23/h4-18H,1-3H3,(H,32,36)(H,31,33,34)/i3D3,8D,11D,12D,18D. The SMILES string of the molecule is [2H]c1nc(Nc2cc(C(=O)Nc3cc(C)cc(-n4c([2H])cc(C)c4[2H])c3)ccc2C([2H])([2H])[2H])nc(-c2cccnc2)c1[2H]. The predicted octanol–water partition coefficient (Wildman–Crippen LogP) is 6.25. The molecule has 1 amide bonds. The summed E-state index contributed by atoms with van der Waals surface area (Å²) < 4.78 is 58.4. The third-order valence-electron chi connectivity index (χ3n) is 5.29. The largest absolute Gasteiger partial charge is 0.324 e. The molecule has 0 spiro atoms. The Morgan fingerprint density at radius 1 is 1.08 bits per heavy atom. The number of aromatic nitrogens is 4. The summed E-state index contributed by atoms with van der Waals surface area (Å²) in [5, 5.41) is 5.66. The number of benzene rings is 2. The van der Waals surface area contributed by atoms with Crippen molar-refractivity contribution in [3.8, 4) is 16.9 Å². The fourth-order valence-corrected chi connectivity index (χ4v) is 3.61. The van der Waals surface area contributed by atoms with Crippen LogP contribution in [0.4, 0.5) is 17.3 Å². The number of carbonyl (C=O) groups excluding carboxylic acids is 1. The molecule has 0 saturated heterocycles. The van der Waals surface area contributed by atoms with Gasteiger partial charge in [0.1, 0.15) is 0 Å². The molecule has 3 heterocycles. The van der Waals surface area contributed by atoms with E-state index in [0.29, 0.717) is 22.5 Å². The van der Waals surface area contributed by atoms with Crippen LogP contribution in [0.2, 0.25) is 0 Å². The normalized spacial score (nSPS) is 13.9. The highest BCUT2D eigenvalue weighted by Gasteiger charge is 2.12. The van der Waals surface area contributed by atoms with Gasteiger partial charge in [-0.2, -0.15) is 0 Å². The first kappa shape index (κ1) is 16.0. The molecule has 0 bridgehead atoms. The van der Waals surface area contributed by atoms with E-state index < -0.39 is 12.8 Å². The van der Waals surface area contributed by atoms with Crippen molar-refractivity contribution in [2.75, 3.05) is 10.6 Å². The van der Waals surface area contributed by atoms with Crippen molar-refractivity contribution in [1.29, 1.82) is 0 Å². The van der Waals surface area contributed by atoms with Crippen LogP contribution in [0, 0.1) is 20.7 Å². The van der Waals surface area contributed by atoms with E-state index in [1.54, 1.807) is 49.5 Å². The molecule has 0 unspecified atom stereocenters. The van der Waals surface area contributed by atoms with E-state index in [0.717, 1.165) is 5.56 Å². The average Bonchev–Trinajstić information content (AvgIpc) is 3.20. The Hall–Kier alpha value is -4.78. The van der Waals surface area contributed by atoms with Gasteiger partial charge in [0.15, 0.2) is 0 Å². The number of amides is 1. The van der Waals surface area contributed by atoms with Gasteiger partial charge in [0.05, 0.1) is 11.2 Å². The van der Waals surface area contributed by atoms with E-state index in [9.17, 15) is 4.79 Å². The predicted molar refractivity (Wildman–Crippen MR) is 143 cm³/mol. The number of carbonyl (C=O) groups is 1. The Morgan fingerprint density at radius 3 is 2.78 bits per heavy atom. The van der Waals surface area contributed by atoms with E-state index in [4.69, 9.17) is 9.60 Å². The summed E-state index contributed by atoms with van der Waals surface area (Å²) in [4.78, 5) is 25.7. The summed E-state index contributed by atoms with van der Waals surface area (Å²) in [6.45, 7) is 1.03. The summed E-state index contributed by atoms with van der Waals surface area (Å²) >= 11 is 0. The van der Waals surface area contributed by atoms with Gasteiger partial charge in [0, 0.05) is 63.2 Å². The van der Waals surface area contributed by atoms with Crippen LogP contribution in [-0.4, -0.2) is 25.4 Å². The number of hydrogen-bond acceptors (Lipinski definition) is 5. The lowest BCUT2D eigenvalue weighted by Gasteiger charge is -2.13. The van der Waals surface area contributed by atoms with Gasteiger partial charge in [-0.15, -0.1) is 0 Å². The fourth-order valence-electron chi connectivity index (χ4n) is 3.61. The highest BCUT2D eigenvalue weighted by Crippen LogP contribution is 2.24. The number of nitrogens with one attached hydrogen (secondary N) is 2. The molecule has 3 aromatic heterocycles. The van der Waals surface area contributed by atoms with Gasteiger partial charge in [-0.3, -0.25) is 9.78 Å². The maximum absolute atomic E-state index is 13.4. The minimum atomic E-state index is -2.55. The third-order valence-corrected chi connectivity index (χ3v) is 5.29. The quantitative estimate of drug-likeness (QED) is 0.299. The first-order chi connectivity index (χ1) is 20.3. The Kier molecular flexibility index (Phi) is 4.37. The number of aryl methyl sites for hydroxylation is 3. The summed E-state index contributed by atoms with van der Waals surface area (Å²) in [5.41, 5.74) is 3.11. The fraction of sp³-hybridized carbons (Fsp3) is 0.103. The summed E-state index contributed by atoms with van der Waals surface area (Å²) in [6.07, 6.45) is 3.00. The Bertz CT molecular complexity index is 1860. The molecule has 0 radical (unpaired) electrons. The molecule has 178 valence electrons. The topological polar surface area (TPSA) is 84.7 Å². The maximum Gasteiger partial charge on any atom is 0.255 e. The van der Waals surface area contributed by atoms with Gasteiger partial charge in [-0.1, -0.05) is 6.07 Å². The van der Waals surface area contributed by atoms with Crippen LogP contribution in [0.3, 0.4) is 0 Å². The Morgan fingerprint density at radius 2 is 2.00 bits per heavy atom. The molecule has 2 N–H and O–H groups in total. The van der Waals surface area contributed by atoms with Crippen molar-refractivity contribution in [1.82, 2.24) is 19.5 Å². The zero-order valence-electron chi connectivity index (χ0n) is 26.5. The average molecular weight is 482 g/mol. The number of nitrogens with zero attached hydrogens (tertiary/aromatic N) is 4. The Balaban J connectivity index is 1.49. The molecule has 5 aromatic rings. The molecular formula is C29H26N6O. The van der Waals surface area contributed by atoms with E-state index in [2.05, 4.69) is 25.6 Å². The second-order valence-electron chi connectivity index (χ2n) is 8.17. The smallest absolute Gasteiger partial charge is 0.255 e. The van der Waals surface area contributed by atoms with E-state index in [-0.39, 0.29) is 53.0 Å². The Labute approximate surface area is 219 Å². The van der Waals surface area contributed by atoms with Crippen molar-refractivity contribution >= 4 is 23.2 Å². The van der Waals surface area contributed by atoms with Crippen molar-refractivity contribution in [2.24, 2.45) is 0 Å². The van der Waals surface area contributed by atoms with E-state index in [1.165, 1.54) is 29.0 Å². The molecule has 0 aliphatic heterocycles. The van der Waals surface area contributed by atoms with Crippen molar-refractivity contribution in [3.05, 3.63) is 114 Å². The van der Waals surface area contributed by atoms with Gasteiger partial charge in [0.2, 0.25) is 5.95 Å². The molecule has 0 saturated carbocycles.